The Morgan fingerprint density at radius 1 is 0.952 bits per heavy atom. The Hall–Kier alpha value is -0.120. The van der Waals surface area contributed by atoms with E-state index in [2.05, 4.69) is 16.7 Å². The lowest BCUT2D eigenvalue weighted by Gasteiger charge is -2.43. The van der Waals surface area contributed by atoms with E-state index >= 15 is 0 Å². The molecular weight excluding hydrogens is 258 g/mol. The molecule has 3 heteroatoms. The van der Waals surface area contributed by atoms with Crippen molar-refractivity contribution in [3.63, 3.8) is 0 Å². The van der Waals surface area contributed by atoms with Crippen molar-refractivity contribution in [1.29, 1.82) is 0 Å². The molecule has 1 heterocycles. The lowest BCUT2D eigenvalue weighted by atomic mass is 9.87. The summed E-state index contributed by atoms with van der Waals surface area (Å²) in [5.41, 5.74) is 6.60. The highest BCUT2D eigenvalue weighted by Gasteiger charge is 2.35. The van der Waals surface area contributed by atoms with Crippen LogP contribution in [0, 0.1) is 0 Å². The number of rotatable bonds is 8. The molecule has 0 atom stereocenters. The Labute approximate surface area is 132 Å². The average molecular weight is 296 g/mol. The van der Waals surface area contributed by atoms with Crippen LogP contribution in [0.2, 0.25) is 0 Å². The maximum Gasteiger partial charge on any atom is 0.0331 e. The van der Waals surface area contributed by atoms with Gasteiger partial charge in [-0.1, -0.05) is 32.6 Å². The molecule has 2 rings (SSSR count). The number of nitrogens with two attached hydrogens (primary N) is 1. The van der Waals surface area contributed by atoms with E-state index in [0.29, 0.717) is 5.54 Å². The van der Waals surface area contributed by atoms with Gasteiger partial charge in [0.2, 0.25) is 0 Å². The van der Waals surface area contributed by atoms with Crippen LogP contribution in [0.25, 0.3) is 0 Å². The SMILES string of the molecule is CCCN(CCCN1CCCC1)C1(CN)CCCCCC1. The van der Waals surface area contributed by atoms with Gasteiger partial charge in [-0.15, -0.1) is 0 Å². The summed E-state index contributed by atoms with van der Waals surface area (Å²) in [4.78, 5) is 5.42. The highest BCUT2D eigenvalue weighted by Crippen LogP contribution is 2.32. The predicted molar refractivity (Wildman–Crippen MR) is 91.6 cm³/mol. The van der Waals surface area contributed by atoms with Crippen molar-refractivity contribution in [1.82, 2.24) is 9.80 Å². The van der Waals surface area contributed by atoms with Crippen molar-refractivity contribution < 1.29 is 0 Å². The Kier molecular flexibility index (Phi) is 7.48. The van der Waals surface area contributed by atoms with Gasteiger partial charge in [0.05, 0.1) is 0 Å². The Bertz CT molecular complexity index is 266. The minimum absolute atomic E-state index is 0.317. The zero-order valence-electron chi connectivity index (χ0n) is 14.3. The van der Waals surface area contributed by atoms with Gasteiger partial charge >= 0.3 is 0 Å². The second-order valence-corrected chi connectivity index (χ2v) is 7.23. The second kappa shape index (κ2) is 9.12. The first-order valence-electron chi connectivity index (χ1n) is 9.48. The molecule has 124 valence electrons. The molecule has 0 amide bonds. The van der Waals surface area contributed by atoms with E-state index < -0.39 is 0 Å². The molecule has 3 nitrogen and oxygen atoms in total. The molecule has 0 unspecified atom stereocenters. The van der Waals surface area contributed by atoms with E-state index in [1.54, 1.807) is 0 Å². The third-order valence-corrected chi connectivity index (χ3v) is 5.68. The van der Waals surface area contributed by atoms with Crippen LogP contribution in [0.3, 0.4) is 0 Å². The van der Waals surface area contributed by atoms with Gasteiger partial charge < -0.3 is 10.6 Å². The lowest BCUT2D eigenvalue weighted by Crippen LogP contribution is -2.54. The van der Waals surface area contributed by atoms with E-state index in [1.807, 2.05) is 0 Å². The van der Waals surface area contributed by atoms with Crippen LogP contribution in [0.15, 0.2) is 0 Å². The summed E-state index contributed by atoms with van der Waals surface area (Å²) >= 11 is 0. The Balaban J connectivity index is 1.87. The molecule has 0 spiro atoms. The fourth-order valence-corrected chi connectivity index (χ4v) is 4.38. The molecule has 0 radical (unpaired) electrons. The van der Waals surface area contributed by atoms with Crippen molar-refractivity contribution in [2.45, 2.75) is 76.7 Å². The van der Waals surface area contributed by atoms with Crippen molar-refractivity contribution in [3.8, 4) is 0 Å². The van der Waals surface area contributed by atoms with Crippen molar-refractivity contribution in [2.75, 3.05) is 39.3 Å². The molecule has 0 bridgehead atoms. The zero-order chi connectivity index (χ0) is 15.0. The average Bonchev–Trinajstić information content (AvgIpc) is 2.90. The van der Waals surface area contributed by atoms with E-state index in [0.717, 1.165) is 6.54 Å². The maximum absolute atomic E-state index is 6.28. The molecular formula is C18H37N3. The van der Waals surface area contributed by atoms with Gasteiger partial charge in [-0.25, -0.2) is 0 Å². The molecule has 0 aromatic carbocycles. The molecule has 21 heavy (non-hydrogen) atoms. The summed E-state index contributed by atoms with van der Waals surface area (Å²) < 4.78 is 0. The fraction of sp³-hybridized carbons (Fsp3) is 1.00. The number of nitrogens with zero attached hydrogens (tertiary/aromatic N) is 2. The standard InChI is InChI=1S/C18H37N3/c1-2-12-21(16-9-15-20-13-7-8-14-20)18(17-19)10-5-3-4-6-11-18/h2-17,19H2,1H3. The Morgan fingerprint density at radius 2 is 1.62 bits per heavy atom. The van der Waals surface area contributed by atoms with Crippen LogP contribution in [0.1, 0.15) is 71.1 Å². The molecule has 0 aromatic heterocycles. The lowest BCUT2D eigenvalue weighted by molar-refractivity contribution is 0.0733. The van der Waals surface area contributed by atoms with Crippen LogP contribution >= 0.6 is 0 Å². The third-order valence-electron chi connectivity index (χ3n) is 5.68. The minimum Gasteiger partial charge on any atom is -0.329 e. The first-order valence-corrected chi connectivity index (χ1v) is 9.48. The van der Waals surface area contributed by atoms with Gasteiger partial charge in [0.15, 0.2) is 0 Å². The van der Waals surface area contributed by atoms with Crippen LogP contribution in [-0.2, 0) is 0 Å². The Morgan fingerprint density at radius 3 is 2.19 bits per heavy atom. The van der Waals surface area contributed by atoms with Gasteiger partial charge in [-0.2, -0.15) is 0 Å². The third kappa shape index (κ3) is 4.94. The van der Waals surface area contributed by atoms with Crippen molar-refractivity contribution >= 4 is 0 Å². The predicted octanol–water partition coefficient (Wildman–Crippen LogP) is 3.24. The second-order valence-electron chi connectivity index (χ2n) is 7.23. The fourth-order valence-electron chi connectivity index (χ4n) is 4.38. The maximum atomic E-state index is 6.28. The van der Waals surface area contributed by atoms with Crippen LogP contribution in [0.4, 0.5) is 0 Å². The van der Waals surface area contributed by atoms with Crippen LogP contribution in [-0.4, -0.2) is 54.6 Å². The first-order chi connectivity index (χ1) is 10.3. The van der Waals surface area contributed by atoms with Crippen LogP contribution in [0.5, 0.6) is 0 Å². The quantitative estimate of drug-likeness (QED) is 0.698. The molecule has 2 N–H and O–H groups in total. The molecule has 1 aliphatic carbocycles. The highest BCUT2D eigenvalue weighted by molar-refractivity contribution is 4.93. The monoisotopic (exact) mass is 295 g/mol. The van der Waals surface area contributed by atoms with Crippen molar-refractivity contribution in [3.05, 3.63) is 0 Å². The summed E-state index contributed by atoms with van der Waals surface area (Å²) in [7, 11) is 0. The number of likely N-dealkylation sites (tertiary alicyclic amines) is 1. The van der Waals surface area contributed by atoms with Gasteiger partial charge in [0, 0.05) is 12.1 Å². The van der Waals surface area contributed by atoms with E-state index in [4.69, 9.17) is 5.73 Å². The molecule has 1 saturated carbocycles. The van der Waals surface area contributed by atoms with Crippen molar-refractivity contribution in [2.24, 2.45) is 5.73 Å². The zero-order valence-corrected chi connectivity index (χ0v) is 14.3. The highest BCUT2D eigenvalue weighted by atomic mass is 15.2. The summed E-state index contributed by atoms with van der Waals surface area (Å²) in [6, 6.07) is 0. The summed E-state index contributed by atoms with van der Waals surface area (Å²) in [5, 5.41) is 0. The van der Waals surface area contributed by atoms with E-state index in [9.17, 15) is 0 Å². The van der Waals surface area contributed by atoms with E-state index in [1.165, 1.54) is 96.9 Å². The normalized spacial score (nSPS) is 23.6. The molecule has 0 aromatic rings. The van der Waals surface area contributed by atoms with Gasteiger partial charge in [0.1, 0.15) is 0 Å². The minimum atomic E-state index is 0.317. The molecule has 1 saturated heterocycles. The van der Waals surface area contributed by atoms with Crippen LogP contribution < -0.4 is 5.73 Å². The first kappa shape index (κ1) is 17.2. The summed E-state index contributed by atoms with van der Waals surface area (Å²) in [6.07, 6.45) is 13.6. The van der Waals surface area contributed by atoms with E-state index in [-0.39, 0.29) is 0 Å². The largest absolute Gasteiger partial charge is 0.329 e. The summed E-state index contributed by atoms with van der Waals surface area (Å²) in [6.45, 7) is 9.61. The number of hydrogen-bond donors (Lipinski definition) is 1. The van der Waals surface area contributed by atoms with Gasteiger partial charge in [-0.05, 0) is 71.2 Å². The van der Waals surface area contributed by atoms with Gasteiger partial charge in [-0.3, -0.25) is 4.90 Å². The topological polar surface area (TPSA) is 32.5 Å². The summed E-state index contributed by atoms with van der Waals surface area (Å²) in [5.74, 6) is 0. The number of hydrogen-bond acceptors (Lipinski definition) is 3. The molecule has 1 aliphatic heterocycles. The molecule has 2 fully saturated rings. The smallest absolute Gasteiger partial charge is 0.0331 e. The van der Waals surface area contributed by atoms with Gasteiger partial charge in [0.25, 0.3) is 0 Å². The molecule has 2 aliphatic rings.